The number of nitriles is 1. The van der Waals surface area contributed by atoms with Crippen LogP contribution in [0.3, 0.4) is 0 Å². The zero-order valence-corrected chi connectivity index (χ0v) is 10.2. The maximum atomic E-state index is 10.6. The van der Waals surface area contributed by atoms with E-state index in [9.17, 15) is 10.4 Å². The maximum absolute atomic E-state index is 10.6. The Morgan fingerprint density at radius 2 is 2.24 bits per heavy atom. The molecule has 90 valence electrons. The summed E-state index contributed by atoms with van der Waals surface area (Å²) in [6.07, 6.45) is 1.49. The zero-order valence-electron chi connectivity index (χ0n) is 10.2. The van der Waals surface area contributed by atoms with Gasteiger partial charge in [0, 0.05) is 7.11 Å². The van der Waals surface area contributed by atoms with E-state index in [0.29, 0.717) is 6.42 Å². The molecule has 1 aliphatic carbocycles. The molecule has 0 saturated heterocycles. The van der Waals surface area contributed by atoms with E-state index in [1.165, 1.54) is 0 Å². The molecule has 0 bridgehead atoms. The number of ether oxygens (including phenoxy) is 1. The van der Waals surface area contributed by atoms with Crippen molar-refractivity contribution in [3.8, 4) is 6.07 Å². The summed E-state index contributed by atoms with van der Waals surface area (Å²) >= 11 is 0. The first-order valence-electron chi connectivity index (χ1n) is 5.78. The first-order chi connectivity index (χ1) is 8.07. The number of nitrogens with zero attached hydrogens (tertiary/aromatic N) is 1. The Labute approximate surface area is 102 Å². The third-order valence-corrected chi connectivity index (χ3v) is 3.78. The molecular weight excluding hydrogens is 214 g/mol. The van der Waals surface area contributed by atoms with Crippen LogP contribution < -0.4 is 0 Å². The fraction of sp³-hybridized carbons (Fsp3) is 0.500. The van der Waals surface area contributed by atoms with Crippen molar-refractivity contribution in [3.05, 3.63) is 35.4 Å². The third kappa shape index (κ3) is 1.65. The van der Waals surface area contributed by atoms with Crippen molar-refractivity contribution < 1.29 is 9.84 Å². The van der Waals surface area contributed by atoms with Crippen molar-refractivity contribution in [2.24, 2.45) is 0 Å². The highest BCUT2D eigenvalue weighted by Gasteiger charge is 2.52. The molecule has 2 rings (SSSR count). The number of aryl methyl sites for hydroxylation is 1. The van der Waals surface area contributed by atoms with Crippen LogP contribution in [0.25, 0.3) is 0 Å². The summed E-state index contributed by atoms with van der Waals surface area (Å²) in [4.78, 5) is 0. The Hall–Kier alpha value is -1.37. The summed E-state index contributed by atoms with van der Waals surface area (Å²) in [6, 6.07) is 10.2. The van der Waals surface area contributed by atoms with Crippen LogP contribution in [0.15, 0.2) is 24.3 Å². The minimum absolute atomic E-state index is 0.162. The van der Waals surface area contributed by atoms with Crippen molar-refractivity contribution in [3.63, 3.8) is 0 Å². The summed E-state index contributed by atoms with van der Waals surface area (Å²) < 4.78 is 5.06. The van der Waals surface area contributed by atoms with E-state index in [2.05, 4.69) is 6.07 Å². The number of fused-ring (bicyclic) bond motifs is 1. The maximum Gasteiger partial charge on any atom is 0.113 e. The molecule has 0 radical (unpaired) electrons. The van der Waals surface area contributed by atoms with E-state index in [0.717, 1.165) is 17.5 Å². The number of benzene rings is 1. The lowest BCUT2D eigenvalue weighted by atomic mass is 9.70. The molecule has 0 fully saturated rings. The Kier molecular flexibility index (Phi) is 2.94. The van der Waals surface area contributed by atoms with E-state index in [-0.39, 0.29) is 6.61 Å². The van der Waals surface area contributed by atoms with E-state index < -0.39 is 11.0 Å². The molecule has 0 spiro atoms. The average Bonchev–Trinajstić information content (AvgIpc) is 2.69. The minimum atomic E-state index is -1.16. The molecule has 1 aromatic rings. The molecule has 3 heteroatoms. The number of hydrogen-bond donors (Lipinski definition) is 1. The van der Waals surface area contributed by atoms with Gasteiger partial charge in [-0.15, -0.1) is 0 Å². The van der Waals surface area contributed by atoms with Crippen LogP contribution in [0.1, 0.15) is 24.5 Å². The van der Waals surface area contributed by atoms with Crippen LogP contribution in [0.4, 0.5) is 0 Å². The molecule has 17 heavy (non-hydrogen) atoms. The molecule has 0 aromatic heterocycles. The van der Waals surface area contributed by atoms with E-state index in [1.807, 2.05) is 24.3 Å². The van der Waals surface area contributed by atoms with Crippen LogP contribution in [0.2, 0.25) is 0 Å². The minimum Gasteiger partial charge on any atom is -0.386 e. The Bertz CT molecular complexity index is 462. The lowest BCUT2D eigenvalue weighted by Gasteiger charge is -2.37. The summed E-state index contributed by atoms with van der Waals surface area (Å²) in [7, 11) is 1.54. The zero-order chi connectivity index (χ0) is 12.5. The van der Waals surface area contributed by atoms with Gasteiger partial charge >= 0.3 is 0 Å². The molecule has 1 aliphatic rings. The van der Waals surface area contributed by atoms with Crippen molar-refractivity contribution in [1.82, 2.24) is 0 Å². The fourth-order valence-corrected chi connectivity index (χ4v) is 2.81. The molecule has 0 aliphatic heterocycles. The van der Waals surface area contributed by atoms with Gasteiger partial charge in [-0.25, -0.2) is 0 Å². The molecule has 3 nitrogen and oxygen atoms in total. The van der Waals surface area contributed by atoms with Gasteiger partial charge in [0.05, 0.1) is 12.7 Å². The van der Waals surface area contributed by atoms with E-state index in [1.54, 1.807) is 14.0 Å². The molecule has 1 N–H and O–H groups in total. The first-order valence-corrected chi connectivity index (χ1v) is 5.78. The smallest absolute Gasteiger partial charge is 0.113 e. The molecule has 0 amide bonds. The first kappa shape index (κ1) is 12.1. The second kappa shape index (κ2) is 4.14. The van der Waals surface area contributed by atoms with Gasteiger partial charge in [0.1, 0.15) is 11.0 Å². The summed E-state index contributed by atoms with van der Waals surface area (Å²) in [5.41, 5.74) is 0.0953. The Morgan fingerprint density at radius 3 is 2.88 bits per heavy atom. The summed E-state index contributed by atoms with van der Waals surface area (Å²) in [5, 5.41) is 20.1. The highest BCUT2D eigenvalue weighted by molar-refractivity contribution is 5.47. The number of aliphatic hydroxyl groups is 1. The van der Waals surface area contributed by atoms with E-state index >= 15 is 0 Å². The van der Waals surface area contributed by atoms with Crippen LogP contribution in [-0.4, -0.2) is 24.4 Å². The number of rotatable bonds is 3. The third-order valence-electron chi connectivity index (χ3n) is 3.78. The number of methoxy groups -OCH3 is 1. The van der Waals surface area contributed by atoms with Crippen molar-refractivity contribution >= 4 is 0 Å². The lowest BCUT2D eigenvalue weighted by Crippen LogP contribution is -2.50. The van der Waals surface area contributed by atoms with Crippen LogP contribution in [0, 0.1) is 11.3 Å². The van der Waals surface area contributed by atoms with Gasteiger partial charge in [0.2, 0.25) is 0 Å². The van der Waals surface area contributed by atoms with E-state index in [4.69, 9.17) is 4.74 Å². The molecule has 2 unspecified atom stereocenters. The largest absolute Gasteiger partial charge is 0.386 e. The molecular formula is C14H17NO2. The van der Waals surface area contributed by atoms with Crippen molar-refractivity contribution in [1.29, 1.82) is 5.26 Å². The number of hydrogen-bond acceptors (Lipinski definition) is 3. The lowest BCUT2D eigenvalue weighted by molar-refractivity contribution is -0.0585. The summed E-state index contributed by atoms with van der Waals surface area (Å²) in [5.74, 6) is 0. The van der Waals surface area contributed by atoms with Gasteiger partial charge in [-0.2, -0.15) is 5.26 Å². The highest BCUT2D eigenvalue weighted by Crippen LogP contribution is 2.46. The molecule has 0 heterocycles. The second-order valence-electron chi connectivity index (χ2n) is 4.88. The monoisotopic (exact) mass is 231 g/mol. The van der Waals surface area contributed by atoms with Crippen LogP contribution in [-0.2, 0) is 16.6 Å². The standard InChI is InChI=1S/C14H17NO2/c1-13(16,10-17-2)14(9-15)8-7-11-5-3-4-6-12(11)14/h3-6,16H,7-8,10H2,1-2H3. The van der Waals surface area contributed by atoms with Crippen LogP contribution in [0.5, 0.6) is 0 Å². The molecule has 2 atom stereocenters. The topological polar surface area (TPSA) is 53.2 Å². The summed E-state index contributed by atoms with van der Waals surface area (Å²) in [6.45, 7) is 1.84. The molecule has 0 saturated carbocycles. The van der Waals surface area contributed by atoms with Gasteiger partial charge in [-0.05, 0) is 30.9 Å². The van der Waals surface area contributed by atoms with Crippen LogP contribution >= 0.6 is 0 Å². The normalized spacial score (nSPS) is 26.0. The van der Waals surface area contributed by atoms with Gasteiger partial charge in [-0.1, -0.05) is 24.3 Å². The predicted octanol–water partition coefficient (Wildman–Crippen LogP) is 1.79. The quantitative estimate of drug-likeness (QED) is 0.863. The second-order valence-corrected chi connectivity index (χ2v) is 4.88. The Balaban J connectivity index is 2.52. The predicted molar refractivity (Wildman–Crippen MR) is 64.6 cm³/mol. The van der Waals surface area contributed by atoms with Gasteiger partial charge < -0.3 is 9.84 Å². The van der Waals surface area contributed by atoms with Crippen molar-refractivity contribution in [2.75, 3.05) is 13.7 Å². The fourth-order valence-electron chi connectivity index (χ4n) is 2.81. The SMILES string of the molecule is COCC(C)(O)C1(C#N)CCc2ccccc21. The van der Waals surface area contributed by atoms with Gasteiger partial charge in [0.25, 0.3) is 0 Å². The highest BCUT2D eigenvalue weighted by atomic mass is 16.5. The molecule has 1 aromatic carbocycles. The van der Waals surface area contributed by atoms with Gasteiger partial charge in [-0.3, -0.25) is 0 Å². The Morgan fingerprint density at radius 1 is 1.53 bits per heavy atom. The average molecular weight is 231 g/mol. The van der Waals surface area contributed by atoms with Gasteiger partial charge in [0.15, 0.2) is 0 Å². The van der Waals surface area contributed by atoms with Crippen molar-refractivity contribution in [2.45, 2.75) is 30.8 Å².